The summed E-state index contributed by atoms with van der Waals surface area (Å²) in [6.45, 7) is 5.62. The Hall–Kier alpha value is -1.72. The molecule has 0 spiro atoms. The normalized spacial score (nSPS) is 21.2. The number of Topliss-reactive ketones (excluding diaryl/α,β-unsaturated/α-hetero) is 1. The molecule has 0 aromatic carbocycles. The number of aryl methyl sites for hydroxylation is 1. The first-order chi connectivity index (χ1) is 11.7. The second-order valence-corrected chi connectivity index (χ2v) is 8.15. The van der Waals surface area contributed by atoms with Crippen molar-refractivity contribution in [3.05, 3.63) is 47.2 Å². The number of ether oxygens (including phenoxy) is 1. The summed E-state index contributed by atoms with van der Waals surface area (Å²) in [6, 6.07) is 5.49. The SMILES string of the molecule is Cc1cc(C(=O)COC(=O)[C@@]2(C)CC2(Cl)Cl)c(C)n1Cc1ccco1. The zero-order valence-electron chi connectivity index (χ0n) is 14.3. The molecule has 5 nitrogen and oxygen atoms in total. The molecule has 2 aromatic rings. The van der Waals surface area contributed by atoms with Crippen molar-refractivity contribution in [2.24, 2.45) is 5.41 Å². The number of halogens is 2. The van der Waals surface area contributed by atoms with Gasteiger partial charge < -0.3 is 13.7 Å². The molecule has 1 saturated carbocycles. The van der Waals surface area contributed by atoms with E-state index in [1.165, 1.54) is 0 Å². The van der Waals surface area contributed by atoms with Crippen molar-refractivity contribution in [3.8, 4) is 0 Å². The molecule has 0 unspecified atom stereocenters. The topological polar surface area (TPSA) is 61.4 Å². The summed E-state index contributed by atoms with van der Waals surface area (Å²) in [6.07, 6.45) is 1.94. The fourth-order valence-electron chi connectivity index (χ4n) is 2.87. The highest BCUT2D eigenvalue weighted by atomic mass is 35.5. The standard InChI is InChI=1S/C18H19Cl2NO4/c1-11-7-14(12(2)21(11)8-13-5-4-6-24-13)15(22)9-25-16(23)17(3)10-18(17,19)20/h4-7H,8-10H2,1-3H3/t17-/m1/s1. The third-order valence-electron chi connectivity index (χ3n) is 4.81. The lowest BCUT2D eigenvalue weighted by Crippen LogP contribution is -2.24. The molecule has 0 bridgehead atoms. The number of carbonyl (C=O) groups is 2. The van der Waals surface area contributed by atoms with Crippen LogP contribution < -0.4 is 0 Å². The molecular formula is C18H19Cl2NO4. The average molecular weight is 384 g/mol. The molecule has 2 aromatic heterocycles. The van der Waals surface area contributed by atoms with Gasteiger partial charge in [0.15, 0.2) is 6.61 Å². The molecule has 25 heavy (non-hydrogen) atoms. The molecule has 0 aliphatic heterocycles. The van der Waals surface area contributed by atoms with Crippen LogP contribution in [0.4, 0.5) is 0 Å². The van der Waals surface area contributed by atoms with Crippen LogP contribution in [0.1, 0.15) is 40.9 Å². The zero-order valence-corrected chi connectivity index (χ0v) is 15.8. The minimum atomic E-state index is -1.11. The predicted octanol–water partition coefficient (Wildman–Crippen LogP) is 4.06. The molecule has 1 aliphatic carbocycles. The number of hydrogen-bond donors (Lipinski definition) is 0. The van der Waals surface area contributed by atoms with Crippen molar-refractivity contribution in [1.29, 1.82) is 0 Å². The van der Waals surface area contributed by atoms with Gasteiger partial charge in [0.05, 0.1) is 12.8 Å². The van der Waals surface area contributed by atoms with E-state index in [4.69, 9.17) is 32.4 Å². The highest BCUT2D eigenvalue weighted by Gasteiger charge is 2.69. The molecule has 0 amide bonds. The smallest absolute Gasteiger partial charge is 0.315 e. The maximum absolute atomic E-state index is 12.5. The molecule has 134 valence electrons. The minimum absolute atomic E-state index is 0.258. The van der Waals surface area contributed by atoms with E-state index in [0.29, 0.717) is 18.5 Å². The summed E-state index contributed by atoms with van der Waals surface area (Å²) in [7, 11) is 0. The largest absolute Gasteiger partial charge is 0.467 e. The number of alkyl halides is 2. The summed E-state index contributed by atoms with van der Waals surface area (Å²) < 4.78 is 11.4. The average Bonchev–Trinajstić information content (AvgIpc) is 2.93. The first kappa shape index (κ1) is 18.1. The maximum atomic E-state index is 12.5. The third kappa shape index (κ3) is 3.23. The van der Waals surface area contributed by atoms with Gasteiger partial charge in [0.2, 0.25) is 5.78 Å². The highest BCUT2D eigenvalue weighted by Crippen LogP contribution is 2.64. The summed E-state index contributed by atoms with van der Waals surface area (Å²) in [5, 5.41) is 0. The maximum Gasteiger partial charge on any atom is 0.315 e. The van der Waals surface area contributed by atoms with E-state index in [-0.39, 0.29) is 12.4 Å². The number of nitrogens with zero attached hydrogens (tertiary/aromatic N) is 1. The second-order valence-electron chi connectivity index (χ2n) is 6.66. The van der Waals surface area contributed by atoms with Crippen LogP contribution >= 0.6 is 23.2 Å². The van der Waals surface area contributed by atoms with E-state index in [1.807, 2.05) is 30.5 Å². The van der Waals surface area contributed by atoms with Gasteiger partial charge in [0.25, 0.3) is 0 Å². The van der Waals surface area contributed by atoms with Crippen molar-refractivity contribution in [2.45, 2.75) is 38.1 Å². The van der Waals surface area contributed by atoms with Gasteiger partial charge in [-0.1, -0.05) is 0 Å². The van der Waals surface area contributed by atoms with Gasteiger partial charge in [0.1, 0.15) is 15.5 Å². The van der Waals surface area contributed by atoms with Gasteiger partial charge >= 0.3 is 5.97 Å². The fourth-order valence-corrected chi connectivity index (χ4v) is 3.56. The lowest BCUT2D eigenvalue weighted by molar-refractivity contribution is -0.148. The Bertz CT molecular complexity index is 822. The Morgan fingerprint density at radius 1 is 1.36 bits per heavy atom. The monoisotopic (exact) mass is 383 g/mol. The third-order valence-corrected chi connectivity index (χ3v) is 5.91. The van der Waals surface area contributed by atoms with Crippen molar-refractivity contribution in [3.63, 3.8) is 0 Å². The molecule has 2 heterocycles. The van der Waals surface area contributed by atoms with E-state index >= 15 is 0 Å². The van der Waals surface area contributed by atoms with Gasteiger partial charge in [0, 0.05) is 23.4 Å². The Morgan fingerprint density at radius 2 is 2.04 bits per heavy atom. The number of esters is 1. The van der Waals surface area contributed by atoms with Gasteiger partial charge in [-0.25, -0.2) is 0 Å². The van der Waals surface area contributed by atoms with Gasteiger partial charge in [-0.15, -0.1) is 23.2 Å². The van der Waals surface area contributed by atoms with E-state index in [2.05, 4.69) is 0 Å². The second kappa shape index (κ2) is 6.22. The summed E-state index contributed by atoms with van der Waals surface area (Å²) in [5.74, 6) is -0.00386. The van der Waals surface area contributed by atoms with Gasteiger partial charge in [-0.05, 0) is 39.0 Å². The van der Waals surface area contributed by atoms with Crippen LogP contribution in [0, 0.1) is 19.3 Å². The highest BCUT2D eigenvalue weighted by molar-refractivity contribution is 6.53. The van der Waals surface area contributed by atoms with Crippen LogP contribution in [0.15, 0.2) is 28.9 Å². The molecule has 1 fully saturated rings. The Balaban J connectivity index is 1.68. The van der Waals surface area contributed by atoms with Crippen LogP contribution in [0.3, 0.4) is 0 Å². The number of ketones is 1. The summed E-state index contributed by atoms with van der Waals surface area (Å²) in [4.78, 5) is 24.6. The van der Waals surface area contributed by atoms with Crippen molar-refractivity contribution < 1.29 is 18.7 Å². The molecule has 0 saturated heterocycles. The molecule has 3 rings (SSSR count). The number of carbonyl (C=O) groups excluding carboxylic acids is 2. The first-order valence-electron chi connectivity index (χ1n) is 7.93. The van der Waals surface area contributed by atoms with Crippen LogP contribution in [-0.4, -0.2) is 27.3 Å². The molecule has 1 atom stereocenters. The zero-order chi connectivity index (χ0) is 18.4. The lowest BCUT2D eigenvalue weighted by Gasteiger charge is -2.11. The van der Waals surface area contributed by atoms with Crippen LogP contribution in [0.25, 0.3) is 0 Å². The van der Waals surface area contributed by atoms with Crippen LogP contribution in [0.2, 0.25) is 0 Å². The van der Waals surface area contributed by atoms with E-state index < -0.39 is 15.7 Å². The number of rotatable bonds is 6. The van der Waals surface area contributed by atoms with Crippen LogP contribution in [0.5, 0.6) is 0 Å². The molecule has 7 heteroatoms. The lowest BCUT2D eigenvalue weighted by atomic mass is 10.1. The van der Waals surface area contributed by atoms with Gasteiger partial charge in [-0.3, -0.25) is 9.59 Å². The van der Waals surface area contributed by atoms with E-state index in [0.717, 1.165) is 17.1 Å². The summed E-state index contributed by atoms with van der Waals surface area (Å²) in [5.41, 5.74) is 1.32. The quantitative estimate of drug-likeness (QED) is 0.428. The predicted molar refractivity (Wildman–Crippen MR) is 94.2 cm³/mol. The molecule has 0 radical (unpaired) electrons. The van der Waals surface area contributed by atoms with Crippen molar-refractivity contribution in [2.75, 3.05) is 6.61 Å². The number of aromatic nitrogens is 1. The minimum Gasteiger partial charge on any atom is -0.467 e. The molecule has 1 aliphatic rings. The molecule has 0 N–H and O–H groups in total. The number of furan rings is 1. The van der Waals surface area contributed by atoms with Crippen molar-refractivity contribution >= 4 is 35.0 Å². The van der Waals surface area contributed by atoms with Gasteiger partial charge in [-0.2, -0.15) is 0 Å². The Labute approximate surface area is 155 Å². The van der Waals surface area contributed by atoms with Crippen LogP contribution in [-0.2, 0) is 16.1 Å². The Kier molecular flexibility index (Phi) is 4.50. The number of hydrogen-bond acceptors (Lipinski definition) is 4. The van der Waals surface area contributed by atoms with E-state index in [1.54, 1.807) is 19.3 Å². The fraction of sp³-hybridized carbons (Fsp3) is 0.444. The van der Waals surface area contributed by atoms with E-state index in [9.17, 15) is 9.59 Å². The van der Waals surface area contributed by atoms with Crippen molar-refractivity contribution in [1.82, 2.24) is 4.57 Å². The first-order valence-corrected chi connectivity index (χ1v) is 8.69. The molecular weight excluding hydrogens is 365 g/mol. The Morgan fingerprint density at radius 3 is 2.60 bits per heavy atom. The summed E-state index contributed by atoms with van der Waals surface area (Å²) >= 11 is 11.9.